The number of aliphatic hydroxyl groups excluding tert-OH is 1. The summed E-state index contributed by atoms with van der Waals surface area (Å²) in [5, 5.41) is 15.3. The first-order valence-corrected chi connectivity index (χ1v) is 11.5. The molecule has 0 spiro atoms. The van der Waals surface area contributed by atoms with E-state index in [0.29, 0.717) is 23.6 Å². The second-order valence-electron chi connectivity index (χ2n) is 8.76. The Morgan fingerprint density at radius 3 is 2.56 bits per heavy atom. The van der Waals surface area contributed by atoms with E-state index in [1.54, 1.807) is 12.1 Å². The Bertz CT molecular complexity index is 1250. The van der Waals surface area contributed by atoms with Crippen LogP contribution in [0.1, 0.15) is 24.3 Å². The van der Waals surface area contributed by atoms with Crippen molar-refractivity contribution >= 4 is 11.0 Å². The number of aliphatic hydroxyl groups is 1. The molecule has 34 heavy (non-hydrogen) atoms. The summed E-state index contributed by atoms with van der Waals surface area (Å²) in [6, 6.07) is 18.7. The molecule has 5 rings (SSSR count). The Morgan fingerprint density at radius 2 is 1.79 bits per heavy atom. The molecule has 0 amide bonds. The molecule has 1 saturated heterocycles. The van der Waals surface area contributed by atoms with Crippen LogP contribution >= 0.6 is 0 Å². The third-order valence-corrected chi connectivity index (χ3v) is 6.41. The minimum absolute atomic E-state index is 0.133. The Kier molecular flexibility index (Phi) is 6.56. The van der Waals surface area contributed by atoms with E-state index in [9.17, 15) is 13.9 Å². The van der Waals surface area contributed by atoms with Crippen molar-refractivity contribution in [2.24, 2.45) is 0 Å². The molecule has 0 unspecified atom stereocenters. The molecule has 3 aromatic carbocycles. The number of ether oxygens (including phenoxy) is 1. The first-order chi connectivity index (χ1) is 16.6. The molecule has 0 bridgehead atoms. The monoisotopic (exact) mass is 464 g/mol. The van der Waals surface area contributed by atoms with Crippen LogP contribution in [0.3, 0.4) is 0 Å². The fourth-order valence-corrected chi connectivity index (χ4v) is 4.60. The second kappa shape index (κ2) is 9.91. The number of aromatic nitrogens is 1. The van der Waals surface area contributed by atoms with Crippen molar-refractivity contribution in [1.82, 2.24) is 10.1 Å². The zero-order valence-corrected chi connectivity index (χ0v) is 18.7. The number of benzene rings is 3. The molecule has 1 atom stereocenters. The molecular weight excluding hydrogens is 438 g/mol. The third kappa shape index (κ3) is 4.95. The molecule has 176 valence electrons. The van der Waals surface area contributed by atoms with E-state index in [1.165, 1.54) is 18.2 Å². The van der Waals surface area contributed by atoms with Gasteiger partial charge in [0.15, 0.2) is 5.58 Å². The predicted octanol–water partition coefficient (Wildman–Crippen LogP) is 5.39. The van der Waals surface area contributed by atoms with Gasteiger partial charge in [-0.1, -0.05) is 23.4 Å². The fraction of sp³-hybridized carbons (Fsp3) is 0.296. The van der Waals surface area contributed by atoms with Crippen LogP contribution in [0.4, 0.5) is 8.78 Å². The van der Waals surface area contributed by atoms with E-state index in [1.807, 2.05) is 36.4 Å². The third-order valence-electron chi connectivity index (χ3n) is 6.41. The van der Waals surface area contributed by atoms with Crippen LogP contribution in [0.25, 0.3) is 22.2 Å². The molecule has 0 aliphatic carbocycles. The number of fused-ring (bicyclic) bond motifs is 1. The summed E-state index contributed by atoms with van der Waals surface area (Å²) >= 11 is 0. The van der Waals surface area contributed by atoms with Gasteiger partial charge in [-0.15, -0.1) is 0 Å². The Hall–Kier alpha value is -3.29. The lowest BCUT2D eigenvalue weighted by molar-refractivity contribution is 0.0593. The van der Waals surface area contributed by atoms with E-state index < -0.39 is 6.10 Å². The summed E-state index contributed by atoms with van der Waals surface area (Å²) in [4.78, 5) is 2.20. The number of hydrogen-bond donors (Lipinski definition) is 1. The molecule has 0 radical (unpaired) electrons. The van der Waals surface area contributed by atoms with Gasteiger partial charge in [-0.3, -0.25) is 0 Å². The lowest BCUT2D eigenvalue weighted by Crippen LogP contribution is -2.40. The van der Waals surface area contributed by atoms with E-state index >= 15 is 0 Å². The van der Waals surface area contributed by atoms with Crippen LogP contribution in [0.2, 0.25) is 0 Å². The molecule has 0 saturated carbocycles. The number of hydrogen-bond acceptors (Lipinski definition) is 5. The van der Waals surface area contributed by atoms with Gasteiger partial charge in [0.2, 0.25) is 0 Å². The maximum absolute atomic E-state index is 14.0. The van der Waals surface area contributed by atoms with Gasteiger partial charge in [0.25, 0.3) is 0 Å². The number of likely N-dealkylation sites (tertiary alicyclic amines) is 1. The Labute approximate surface area is 196 Å². The van der Waals surface area contributed by atoms with Gasteiger partial charge in [0.1, 0.15) is 35.8 Å². The van der Waals surface area contributed by atoms with Crippen molar-refractivity contribution in [2.45, 2.75) is 24.9 Å². The van der Waals surface area contributed by atoms with Crippen molar-refractivity contribution < 1.29 is 23.1 Å². The van der Waals surface area contributed by atoms with Gasteiger partial charge in [-0.2, -0.15) is 0 Å². The van der Waals surface area contributed by atoms with Crippen LogP contribution in [0, 0.1) is 11.6 Å². The maximum Gasteiger partial charge on any atom is 0.170 e. The first kappa shape index (κ1) is 22.5. The zero-order chi connectivity index (χ0) is 23.5. The number of nitrogens with zero attached hydrogens (tertiary/aromatic N) is 2. The molecule has 1 aliphatic rings. The summed E-state index contributed by atoms with van der Waals surface area (Å²) in [6.45, 7) is 2.34. The highest BCUT2D eigenvalue weighted by atomic mass is 19.1. The summed E-state index contributed by atoms with van der Waals surface area (Å²) in [5.41, 5.74) is 2.66. The average molecular weight is 465 g/mol. The highest BCUT2D eigenvalue weighted by Gasteiger charge is 2.24. The Balaban J connectivity index is 1.11. The van der Waals surface area contributed by atoms with E-state index in [0.717, 1.165) is 42.4 Å². The number of rotatable bonds is 7. The molecule has 4 aromatic rings. The van der Waals surface area contributed by atoms with Crippen LogP contribution in [-0.4, -0.2) is 47.5 Å². The van der Waals surface area contributed by atoms with E-state index in [4.69, 9.17) is 9.26 Å². The van der Waals surface area contributed by atoms with Gasteiger partial charge in [-0.05, 0) is 79.9 Å². The van der Waals surface area contributed by atoms with Crippen LogP contribution in [0.5, 0.6) is 5.75 Å². The molecule has 2 heterocycles. The van der Waals surface area contributed by atoms with Gasteiger partial charge in [0, 0.05) is 23.6 Å². The molecule has 7 heteroatoms. The topological polar surface area (TPSA) is 58.7 Å². The molecule has 1 N–H and O–H groups in total. The average Bonchev–Trinajstić information content (AvgIpc) is 3.27. The summed E-state index contributed by atoms with van der Waals surface area (Å²) < 4.78 is 38.4. The maximum atomic E-state index is 14.0. The van der Waals surface area contributed by atoms with Gasteiger partial charge in [0.05, 0.1) is 0 Å². The van der Waals surface area contributed by atoms with Crippen LogP contribution < -0.4 is 4.74 Å². The van der Waals surface area contributed by atoms with E-state index in [2.05, 4.69) is 10.1 Å². The minimum Gasteiger partial charge on any atom is -0.491 e. The lowest BCUT2D eigenvalue weighted by Gasteiger charge is -2.33. The normalized spacial score (nSPS) is 16.1. The molecule has 1 aliphatic heterocycles. The van der Waals surface area contributed by atoms with Crippen molar-refractivity contribution in [2.75, 3.05) is 26.2 Å². The highest BCUT2D eigenvalue weighted by Crippen LogP contribution is 2.31. The highest BCUT2D eigenvalue weighted by molar-refractivity contribution is 5.91. The fourth-order valence-electron chi connectivity index (χ4n) is 4.60. The number of piperidine rings is 1. The smallest absolute Gasteiger partial charge is 0.170 e. The molecule has 1 fully saturated rings. The van der Waals surface area contributed by atoms with Gasteiger partial charge >= 0.3 is 0 Å². The van der Waals surface area contributed by atoms with Gasteiger partial charge in [-0.25, -0.2) is 8.78 Å². The molecule has 1 aromatic heterocycles. The van der Waals surface area contributed by atoms with Crippen LogP contribution in [-0.2, 0) is 0 Å². The quantitative estimate of drug-likeness (QED) is 0.397. The van der Waals surface area contributed by atoms with Crippen molar-refractivity contribution in [3.63, 3.8) is 0 Å². The van der Waals surface area contributed by atoms with Crippen molar-refractivity contribution in [3.05, 3.63) is 83.9 Å². The number of halogens is 2. The predicted molar refractivity (Wildman–Crippen MR) is 126 cm³/mol. The SMILES string of the molecule is O[C@@H](COc1ccc(-c2noc3cc(F)ccc23)cc1)CN1CCC(c2ccccc2F)CC1. The first-order valence-electron chi connectivity index (χ1n) is 11.5. The zero-order valence-electron chi connectivity index (χ0n) is 18.7. The van der Waals surface area contributed by atoms with Gasteiger partial charge < -0.3 is 19.3 Å². The van der Waals surface area contributed by atoms with Crippen LogP contribution in [0.15, 0.2) is 71.3 Å². The molecule has 5 nitrogen and oxygen atoms in total. The molecular formula is C27H26F2N2O3. The largest absolute Gasteiger partial charge is 0.491 e. The number of β-amino-alcohol motifs (C(OH)–C–C–N with tert-alkyl or cyclic N) is 1. The minimum atomic E-state index is -0.626. The standard InChI is InChI=1S/C27H26F2N2O3/c28-20-7-10-24-26(15-20)34-30-27(24)19-5-8-22(9-6-19)33-17-21(32)16-31-13-11-18(12-14-31)23-3-1-2-4-25(23)29/h1-10,15,18,21,32H,11-14,16-17H2/t21-/m1/s1. The summed E-state index contributed by atoms with van der Waals surface area (Å²) in [6.07, 6.45) is 1.12. The summed E-state index contributed by atoms with van der Waals surface area (Å²) in [7, 11) is 0. The Morgan fingerprint density at radius 1 is 1.03 bits per heavy atom. The van der Waals surface area contributed by atoms with Crippen molar-refractivity contribution in [1.29, 1.82) is 0 Å². The second-order valence-corrected chi connectivity index (χ2v) is 8.76. The summed E-state index contributed by atoms with van der Waals surface area (Å²) in [5.74, 6) is 0.364. The lowest BCUT2D eigenvalue weighted by atomic mass is 9.89. The van der Waals surface area contributed by atoms with E-state index in [-0.39, 0.29) is 24.2 Å². The van der Waals surface area contributed by atoms with Crippen molar-refractivity contribution in [3.8, 4) is 17.0 Å².